The average molecular weight is 489 g/mol. The van der Waals surface area contributed by atoms with Crippen LogP contribution in [0.2, 0.25) is 0 Å². The van der Waals surface area contributed by atoms with E-state index in [1.54, 1.807) is 11.3 Å². The number of rotatable bonds is 1. The third-order valence-electron chi connectivity index (χ3n) is 4.38. The Kier molecular flexibility index (Phi) is 9.98. The Hall–Kier alpha value is -0.917. The van der Waals surface area contributed by atoms with E-state index in [0.717, 1.165) is 6.42 Å². The predicted molar refractivity (Wildman–Crippen MR) is 103 cm³/mol. The molecule has 0 nitrogen and oxygen atoms in total. The smallest absolute Gasteiger partial charge is 1.00 e. The minimum Gasteiger partial charge on any atom is -1.00 e. The van der Waals surface area contributed by atoms with Crippen molar-refractivity contribution in [3.05, 3.63) is 100 Å². The number of hydrogen-bond acceptors (Lipinski definition) is 1. The van der Waals surface area contributed by atoms with Crippen molar-refractivity contribution < 1.29 is 51.0 Å². The normalized spacial score (nSPS) is 15.0. The molecule has 0 amide bonds. The number of halogens is 2. The zero-order chi connectivity index (χ0) is 16.4. The van der Waals surface area contributed by atoms with Crippen LogP contribution in [0.1, 0.15) is 23.6 Å². The number of fused-ring (bicyclic) bond motifs is 3. The van der Waals surface area contributed by atoms with Gasteiger partial charge in [-0.25, -0.2) is 0 Å². The van der Waals surface area contributed by atoms with E-state index in [-0.39, 0.29) is 51.0 Å². The quantitative estimate of drug-likeness (QED) is 0.336. The van der Waals surface area contributed by atoms with Crippen molar-refractivity contribution >= 4 is 16.9 Å². The Bertz CT molecular complexity index is 870. The molecular formula is C23H18Cl2SZr. The molecule has 3 aromatic rings. The fourth-order valence-corrected chi connectivity index (χ4v) is 3.83. The van der Waals surface area contributed by atoms with Crippen molar-refractivity contribution in [2.75, 3.05) is 0 Å². The molecule has 4 heteroatoms. The van der Waals surface area contributed by atoms with Crippen LogP contribution < -0.4 is 24.8 Å². The van der Waals surface area contributed by atoms with Crippen LogP contribution in [-0.4, -0.2) is 0 Å². The van der Waals surface area contributed by atoms with Crippen LogP contribution in [0.5, 0.6) is 0 Å². The number of benzene rings is 2. The monoisotopic (exact) mass is 486 g/mol. The predicted octanol–water partition coefficient (Wildman–Crippen LogP) is 0.204. The van der Waals surface area contributed by atoms with E-state index in [4.69, 9.17) is 0 Å². The van der Waals surface area contributed by atoms with Gasteiger partial charge in [0.1, 0.15) is 0 Å². The van der Waals surface area contributed by atoms with Crippen LogP contribution in [-0.2, 0) is 32.6 Å². The van der Waals surface area contributed by atoms with Gasteiger partial charge < -0.3 is 24.8 Å². The molecule has 1 atom stereocenters. The van der Waals surface area contributed by atoms with Crippen LogP contribution in [0.4, 0.5) is 0 Å². The molecule has 27 heavy (non-hydrogen) atoms. The van der Waals surface area contributed by atoms with E-state index in [9.17, 15) is 0 Å². The average Bonchev–Trinajstić information content (AvgIpc) is 3.34. The van der Waals surface area contributed by atoms with E-state index >= 15 is 0 Å². The maximum atomic E-state index is 3.37. The summed E-state index contributed by atoms with van der Waals surface area (Å²) in [5.74, 6) is 0.491. The molecule has 0 aliphatic heterocycles. The summed E-state index contributed by atoms with van der Waals surface area (Å²) in [6.07, 6.45) is 8.74. The molecule has 0 radical (unpaired) electrons. The Balaban J connectivity index is 0.000000246. The summed E-state index contributed by atoms with van der Waals surface area (Å²) in [6.45, 7) is 2.15. The fourth-order valence-electron chi connectivity index (χ4n) is 3.18. The molecule has 0 saturated carbocycles. The van der Waals surface area contributed by atoms with Gasteiger partial charge in [0.25, 0.3) is 0 Å². The summed E-state index contributed by atoms with van der Waals surface area (Å²) < 4.78 is 0. The molecule has 0 fully saturated rings. The first-order valence-electron chi connectivity index (χ1n) is 8.23. The minimum atomic E-state index is 0. The molecule has 1 heterocycles. The van der Waals surface area contributed by atoms with Crippen molar-refractivity contribution in [1.29, 1.82) is 0 Å². The van der Waals surface area contributed by atoms with Gasteiger partial charge in [-0.1, -0.05) is 59.7 Å². The van der Waals surface area contributed by atoms with Gasteiger partial charge >= 0.3 is 26.2 Å². The van der Waals surface area contributed by atoms with Gasteiger partial charge in [0.2, 0.25) is 0 Å². The van der Waals surface area contributed by atoms with Gasteiger partial charge in [0.05, 0.1) is 0 Å². The molecule has 5 rings (SSSR count). The van der Waals surface area contributed by atoms with E-state index in [1.165, 1.54) is 33.4 Å². The SMILES string of the molecule is CC1[C-]=C(c2ccsc2)C=C1.[Cl-].[Cl-].[Zr+4].[c-]1cccc2c1Cc1ccccc1-2. The number of thiophene rings is 1. The first-order chi connectivity index (χ1) is 11.8. The van der Waals surface area contributed by atoms with Crippen molar-refractivity contribution in [3.8, 4) is 11.1 Å². The first-order valence-corrected chi connectivity index (χ1v) is 9.17. The van der Waals surface area contributed by atoms with E-state index in [0.29, 0.717) is 5.92 Å². The molecule has 1 aromatic heterocycles. The van der Waals surface area contributed by atoms with Gasteiger partial charge in [-0.15, -0.1) is 17.2 Å². The molecule has 0 spiro atoms. The Labute approximate surface area is 197 Å². The third kappa shape index (κ3) is 5.55. The zero-order valence-corrected chi connectivity index (χ0v) is 19.7. The van der Waals surface area contributed by atoms with Gasteiger partial charge in [0.15, 0.2) is 0 Å². The van der Waals surface area contributed by atoms with Gasteiger partial charge in [-0.3, -0.25) is 0 Å². The third-order valence-corrected chi connectivity index (χ3v) is 5.07. The maximum absolute atomic E-state index is 3.37. The summed E-state index contributed by atoms with van der Waals surface area (Å²) in [4.78, 5) is 0. The summed E-state index contributed by atoms with van der Waals surface area (Å²) in [5.41, 5.74) is 8.06. The fraction of sp³-hybridized carbons (Fsp3) is 0.130. The summed E-state index contributed by atoms with van der Waals surface area (Å²) in [5, 5.41) is 4.26. The first kappa shape index (κ1) is 24.1. The van der Waals surface area contributed by atoms with Crippen LogP contribution in [0.3, 0.4) is 0 Å². The molecule has 2 aliphatic carbocycles. The minimum absolute atomic E-state index is 0. The molecule has 0 bridgehead atoms. The van der Waals surface area contributed by atoms with Crippen molar-refractivity contribution in [2.45, 2.75) is 13.3 Å². The van der Waals surface area contributed by atoms with Gasteiger partial charge in [-0.05, 0) is 11.8 Å². The summed E-state index contributed by atoms with van der Waals surface area (Å²) in [7, 11) is 0. The zero-order valence-electron chi connectivity index (χ0n) is 14.9. The molecule has 2 aliphatic rings. The number of allylic oxidation sites excluding steroid dienone is 4. The Morgan fingerprint density at radius 1 is 1.00 bits per heavy atom. The van der Waals surface area contributed by atoms with E-state index in [1.807, 2.05) is 6.07 Å². The van der Waals surface area contributed by atoms with Crippen LogP contribution in [0, 0.1) is 18.1 Å². The summed E-state index contributed by atoms with van der Waals surface area (Å²) >= 11 is 1.73. The molecule has 0 saturated heterocycles. The van der Waals surface area contributed by atoms with Crippen LogP contribution in [0.25, 0.3) is 16.7 Å². The topological polar surface area (TPSA) is 0 Å². The Morgan fingerprint density at radius 3 is 2.48 bits per heavy atom. The largest absolute Gasteiger partial charge is 4.00 e. The second kappa shape index (κ2) is 11.2. The second-order valence-electron chi connectivity index (χ2n) is 6.11. The molecule has 2 aromatic carbocycles. The molecular weight excluding hydrogens is 470 g/mol. The Morgan fingerprint density at radius 2 is 1.78 bits per heavy atom. The van der Waals surface area contributed by atoms with Gasteiger partial charge in [-0.2, -0.15) is 58.9 Å². The maximum Gasteiger partial charge on any atom is 4.00 e. The van der Waals surface area contributed by atoms with E-state index < -0.39 is 0 Å². The summed E-state index contributed by atoms with van der Waals surface area (Å²) in [6, 6.07) is 20.2. The molecule has 1 unspecified atom stereocenters. The van der Waals surface area contributed by atoms with Crippen molar-refractivity contribution in [2.24, 2.45) is 5.92 Å². The molecule has 134 valence electrons. The second-order valence-corrected chi connectivity index (χ2v) is 6.89. The number of hydrogen-bond donors (Lipinski definition) is 0. The van der Waals surface area contributed by atoms with E-state index in [2.05, 4.69) is 84.4 Å². The van der Waals surface area contributed by atoms with Crippen LogP contribution >= 0.6 is 11.3 Å². The van der Waals surface area contributed by atoms with Crippen molar-refractivity contribution in [1.82, 2.24) is 0 Å². The van der Waals surface area contributed by atoms with Crippen LogP contribution in [0.15, 0.2) is 71.4 Å². The van der Waals surface area contributed by atoms with Gasteiger partial charge in [0, 0.05) is 0 Å². The van der Waals surface area contributed by atoms with Crippen molar-refractivity contribution in [3.63, 3.8) is 0 Å². The molecule has 0 N–H and O–H groups in total. The standard InChI is InChI=1S/C13H9.C10H9S.2ClH.Zr/c1-3-7-12-10(5-1)9-11-6-2-4-8-13(11)12;1-8-2-3-9(6-8)10-4-5-11-7-10;;;/h1-5,7-8H,9H2;2-5,7-8H,1H3;2*1H;/q2*-1;;;+4/p-2.